The monoisotopic (exact) mass is 264 g/mol. The summed E-state index contributed by atoms with van der Waals surface area (Å²) in [4.78, 5) is 11.9. The van der Waals surface area contributed by atoms with Crippen LogP contribution in [0.4, 0.5) is 15.8 Å². The molecule has 0 aliphatic rings. The number of anilines is 2. The Morgan fingerprint density at radius 3 is 2.67 bits per heavy atom. The molecule has 0 fully saturated rings. The predicted molar refractivity (Wildman–Crippen MR) is 70.2 cm³/mol. The maximum absolute atomic E-state index is 13.1. The molecule has 0 spiro atoms. The van der Waals surface area contributed by atoms with Gasteiger partial charge < -0.3 is 11.1 Å². The summed E-state index contributed by atoms with van der Waals surface area (Å²) < 4.78 is 13.1. The molecule has 0 aliphatic carbocycles. The minimum absolute atomic E-state index is 0.0786. The van der Waals surface area contributed by atoms with Gasteiger partial charge in [-0.25, -0.2) is 4.39 Å². The predicted octanol–water partition coefficient (Wildman–Crippen LogP) is 3.31. The molecular formula is C13H10ClFN2O. The first-order valence-electron chi connectivity index (χ1n) is 5.19. The van der Waals surface area contributed by atoms with Crippen LogP contribution in [0.3, 0.4) is 0 Å². The molecule has 0 saturated carbocycles. The molecule has 2 aromatic rings. The number of amides is 1. The average Bonchev–Trinajstić information content (AvgIpc) is 2.35. The van der Waals surface area contributed by atoms with Gasteiger partial charge in [0.25, 0.3) is 5.91 Å². The quantitative estimate of drug-likeness (QED) is 0.818. The number of nitrogens with one attached hydrogen (secondary N) is 1. The van der Waals surface area contributed by atoms with E-state index in [4.69, 9.17) is 17.3 Å². The van der Waals surface area contributed by atoms with Crippen molar-refractivity contribution >= 4 is 28.9 Å². The van der Waals surface area contributed by atoms with Crippen molar-refractivity contribution in [2.45, 2.75) is 0 Å². The molecule has 0 bridgehead atoms. The Morgan fingerprint density at radius 1 is 1.22 bits per heavy atom. The van der Waals surface area contributed by atoms with Crippen LogP contribution in [0.25, 0.3) is 0 Å². The van der Waals surface area contributed by atoms with Crippen molar-refractivity contribution < 1.29 is 9.18 Å². The number of rotatable bonds is 2. The lowest BCUT2D eigenvalue weighted by Gasteiger charge is -2.08. The van der Waals surface area contributed by atoms with E-state index in [1.807, 2.05) is 0 Å². The second-order valence-corrected chi connectivity index (χ2v) is 4.07. The molecule has 92 valence electrons. The summed E-state index contributed by atoms with van der Waals surface area (Å²) in [5.74, 6) is -1.02. The molecule has 1 amide bonds. The summed E-state index contributed by atoms with van der Waals surface area (Å²) in [6.07, 6.45) is 0. The molecular weight excluding hydrogens is 255 g/mol. The van der Waals surface area contributed by atoms with Gasteiger partial charge in [-0.3, -0.25) is 4.79 Å². The van der Waals surface area contributed by atoms with Crippen LogP contribution in [0.2, 0.25) is 5.02 Å². The minimum Gasteiger partial charge on any atom is -0.398 e. The SMILES string of the molecule is Nc1ccc(F)cc1C(=O)Nc1ccccc1Cl. The van der Waals surface area contributed by atoms with Crippen LogP contribution in [0.5, 0.6) is 0 Å². The fourth-order valence-corrected chi connectivity index (χ4v) is 1.66. The highest BCUT2D eigenvalue weighted by molar-refractivity contribution is 6.34. The highest BCUT2D eigenvalue weighted by Gasteiger charge is 2.12. The lowest BCUT2D eigenvalue weighted by molar-refractivity contribution is 0.102. The maximum atomic E-state index is 13.1. The summed E-state index contributed by atoms with van der Waals surface area (Å²) in [5, 5.41) is 2.98. The Labute approximate surface area is 108 Å². The summed E-state index contributed by atoms with van der Waals surface area (Å²) >= 11 is 5.91. The van der Waals surface area contributed by atoms with Crippen LogP contribution in [0, 0.1) is 5.82 Å². The van der Waals surface area contributed by atoms with E-state index in [1.54, 1.807) is 24.3 Å². The first-order chi connectivity index (χ1) is 8.58. The van der Waals surface area contributed by atoms with E-state index in [0.717, 1.165) is 6.07 Å². The van der Waals surface area contributed by atoms with E-state index in [2.05, 4.69) is 5.32 Å². The Hall–Kier alpha value is -2.07. The van der Waals surface area contributed by atoms with Crippen molar-refractivity contribution in [1.29, 1.82) is 0 Å². The van der Waals surface area contributed by atoms with Gasteiger partial charge in [0.05, 0.1) is 16.3 Å². The molecule has 0 unspecified atom stereocenters. The zero-order valence-corrected chi connectivity index (χ0v) is 10.0. The third-order valence-electron chi connectivity index (χ3n) is 2.38. The van der Waals surface area contributed by atoms with Gasteiger partial charge in [0.1, 0.15) is 5.82 Å². The first kappa shape index (κ1) is 12.4. The number of hydrogen-bond donors (Lipinski definition) is 2. The molecule has 3 nitrogen and oxygen atoms in total. The van der Waals surface area contributed by atoms with Gasteiger partial charge in [-0.15, -0.1) is 0 Å². The standard InChI is InChI=1S/C13H10ClFN2O/c14-10-3-1-2-4-12(10)17-13(18)9-7-8(15)5-6-11(9)16/h1-7H,16H2,(H,17,18). The molecule has 2 rings (SSSR count). The van der Waals surface area contributed by atoms with E-state index >= 15 is 0 Å². The fourth-order valence-electron chi connectivity index (χ4n) is 1.48. The van der Waals surface area contributed by atoms with Crippen LogP contribution in [0.15, 0.2) is 42.5 Å². The van der Waals surface area contributed by atoms with E-state index in [9.17, 15) is 9.18 Å². The van der Waals surface area contributed by atoms with Gasteiger partial charge in [-0.1, -0.05) is 23.7 Å². The number of halogens is 2. The number of para-hydroxylation sites is 1. The molecule has 0 heterocycles. The van der Waals surface area contributed by atoms with Crippen molar-refractivity contribution in [3.05, 3.63) is 58.9 Å². The molecule has 0 radical (unpaired) electrons. The van der Waals surface area contributed by atoms with E-state index < -0.39 is 11.7 Å². The maximum Gasteiger partial charge on any atom is 0.257 e. The van der Waals surface area contributed by atoms with Crippen LogP contribution in [-0.2, 0) is 0 Å². The number of nitrogen functional groups attached to an aromatic ring is 1. The number of benzene rings is 2. The van der Waals surface area contributed by atoms with Crippen molar-refractivity contribution in [3.8, 4) is 0 Å². The van der Waals surface area contributed by atoms with Gasteiger partial charge in [-0.2, -0.15) is 0 Å². The topological polar surface area (TPSA) is 55.1 Å². The lowest BCUT2D eigenvalue weighted by atomic mass is 10.1. The summed E-state index contributed by atoms with van der Waals surface area (Å²) in [6.45, 7) is 0. The Bertz CT molecular complexity index is 601. The fraction of sp³-hybridized carbons (Fsp3) is 0. The van der Waals surface area contributed by atoms with Crippen LogP contribution in [-0.4, -0.2) is 5.91 Å². The molecule has 18 heavy (non-hydrogen) atoms. The lowest BCUT2D eigenvalue weighted by Crippen LogP contribution is -2.14. The van der Waals surface area contributed by atoms with Crippen molar-refractivity contribution in [3.63, 3.8) is 0 Å². The summed E-state index contributed by atoms with van der Waals surface area (Å²) in [6, 6.07) is 10.4. The highest BCUT2D eigenvalue weighted by atomic mass is 35.5. The van der Waals surface area contributed by atoms with Crippen LogP contribution >= 0.6 is 11.6 Å². The van der Waals surface area contributed by atoms with Gasteiger partial charge in [0, 0.05) is 5.69 Å². The molecule has 3 N–H and O–H groups in total. The van der Waals surface area contributed by atoms with Crippen molar-refractivity contribution in [1.82, 2.24) is 0 Å². The van der Waals surface area contributed by atoms with Crippen molar-refractivity contribution in [2.24, 2.45) is 0 Å². The normalized spacial score (nSPS) is 10.1. The van der Waals surface area contributed by atoms with E-state index in [0.29, 0.717) is 10.7 Å². The van der Waals surface area contributed by atoms with E-state index in [-0.39, 0.29) is 11.3 Å². The Morgan fingerprint density at radius 2 is 1.94 bits per heavy atom. The summed E-state index contributed by atoms with van der Waals surface area (Å²) in [7, 11) is 0. The number of hydrogen-bond acceptors (Lipinski definition) is 2. The van der Waals surface area contributed by atoms with Gasteiger partial charge >= 0.3 is 0 Å². The zero-order valence-electron chi connectivity index (χ0n) is 9.28. The molecule has 2 aromatic carbocycles. The third kappa shape index (κ3) is 2.60. The smallest absolute Gasteiger partial charge is 0.257 e. The molecule has 5 heteroatoms. The van der Waals surface area contributed by atoms with E-state index in [1.165, 1.54) is 12.1 Å². The number of carbonyl (C=O) groups is 1. The van der Waals surface area contributed by atoms with Gasteiger partial charge in [-0.05, 0) is 30.3 Å². The molecule has 0 aromatic heterocycles. The molecule has 0 atom stereocenters. The molecule has 0 aliphatic heterocycles. The van der Waals surface area contributed by atoms with Gasteiger partial charge in [0.2, 0.25) is 0 Å². The average molecular weight is 265 g/mol. The first-order valence-corrected chi connectivity index (χ1v) is 5.56. The van der Waals surface area contributed by atoms with Crippen LogP contribution in [0.1, 0.15) is 10.4 Å². The number of carbonyl (C=O) groups excluding carboxylic acids is 1. The van der Waals surface area contributed by atoms with Crippen LogP contribution < -0.4 is 11.1 Å². The Balaban J connectivity index is 2.28. The second kappa shape index (κ2) is 5.06. The summed E-state index contributed by atoms with van der Waals surface area (Å²) in [5.41, 5.74) is 6.36. The zero-order chi connectivity index (χ0) is 13.1. The second-order valence-electron chi connectivity index (χ2n) is 3.67. The van der Waals surface area contributed by atoms with Gasteiger partial charge in [0.15, 0.2) is 0 Å². The minimum atomic E-state index is -0.520. The molecule has 0 saturated heterocycles. The highest BCUT2D eigenvalue weighted by Crippen LogP contribution is 2.22. The number of nitrogens with two attached hydrogens (primary N) is 1. The largest absolute Gasteiger partial charge is 0.398 e. The van der Waals surface area contributed by atoms with Crippen molar-refractivity contribution in [2.75, 3.05) is 11.1 Å². The Kier molecular flexibility index (Phi) is 3.48. The third-order valence-corrected chi connectivity index (χ3v) is 2.71.